The lowest BCUT2D eigenvalue weighted by Crippen LogP contribution is -2.25. The van der Waals surface area contributed by atoms with E-state index in [4.69, 9.17) is 5.73 Å². The molecule has 0 saturated heterocycles. The van der Waals surface area contributed by atoms with E-state index in [0.717, 1.165) is 19.3 Å². The molecule has 2 heteroatoms. The zero-order valence-corrected chi connectivity index (χ0v) is 41.8. The highest BCUT2D eigenvalue weighted by molar-refractivity contribution is 5.96. The molecule has 0 radical (unpaired) electrons. The smallest absolute Gasteiger partial charge is 0.0725 e. The predicted molar refractivity (Wildman–Crippen MR) is 300 cm³/mol. The summed E-state index contributed by atoms with van der Waals surface area (Å²) in [6.07, 6.45) is 19.3. The highest BCUT2D eigenvalue weighted by Gasteiger charge is 2.51. The van der Waals surface area contributed by atoms with Crippen molar-refractivity contribution in [3.8, 4) is 55.6 Å². The first-order valence-corrected chi connectivity index (χ1v) is 25.9. The first-order chi connectivity index (χ1) is 34.4. The van der Waals surface area contributed by atoms with Gasteiger partial charge in [0.15, 0.2) is 0 Å². The fourth-order valence-corrected chi connectivity index (χ4v) is 11.3. The summed E-state index contributed by atoms with van der Waals surface area (Å²) in [5, 5.41) is 0. The molecule has 8 aromatic rings. The molecule has 4 N–H and O–H groups in total. The van der Waals surface area contributed by atoms with Crippen molar-refractivity contribution in [1.29, 1.82) is 0 Å². The van der Waals surface area contributed by atoms with Crippen LogP contribution in [0.4, 0.5) is 0 Å². The van der Waals surface area contributed by atoms with Crippen LogP contribution in [0.1, 0.15) is 109 Å². The standard InChI is InChI=1S/C56H44.C6H8.C5H13N.CH5N/c1-37-25-29-43(35-50(37)55-42(17-12-21-45(55)41-15-11-16-41)32-28-38-26-30-40(31-27-38)39-13-3-2-4-14-39)44-33-34-49-48-20-7-10-24-53(48)56(54(49)36-44)51-22-8-5-18-46(51)47-19-6-9-23-52(47)56;1-2-4-6-5-3-1;1-3-4-5(2)6;1-2/h2-10,12-14,17-27,29-31,33-36,41H,11,15-16,28,32H2,1H3;1-4H,5-6H2;5H,3-4,6H2,1-2H3;2H2,1H3. The SMILES string of the molecule is C1=CCCC=C1.CCCC(C)N.CN.Cc1ccc(-c2ccc3c(c2)C2(c4ccccc4-c4ccccc42)c2ccccc2-3)cc1-c1c(CCc2ccc(-c3ccccc3)cc2)cccc1C1CCC1. The van der Waals surface area contributed by atoms with E-state index in [-0.39, 0.29) is 5.41 Å². The van der Waals surface area contributed by atoms with Gasteiger partial charge in [0, 0.05) is 6.04 Å². The maximum Gasteiger partial charge on any atom is 0.0725 e. The lowest BCUT2D eigenvalue weighted by Gasteiger charge is -2.31. The molecule has 0 amide bonds. The van der Waals surface area contributed by atoms with Crippen molar-refractivity contribution >= 4 is 0 Å². The van der Waals surface area contributed by atoms with Gasteiger partial charge in [-0.15, -0.1) is 0 Å². The van der Waals surface area contributed by atoms with Gasteiger partial charge in [-0.25, -0.2) is 0 Å². The van der Waals surface area contributed by atoms with Crippen molar-refractivity contribution in [1.82, 2.24) is 0 Å². The summed E-state index contributed by atoms with van der Waals surface area (Å²) in [5.41, 5.74) is 34.2. The Hall–Kier alpha value is -6.84. The highest BCUT2D eigenvalue weighted by atomic mass is 14.6. The topological polar surface area (TPSA) is 52.0 Å². The highest BCUT2D eigenvalue weighted by Crippen LogP contribution is 2.63. The van der Waals surface area contributed by atoms with E-state index in [2.05, 4.69) is 226 Å². The number of aryl methyl sites for hydroxylation is 3. The maximum absolute atomic E-state index is 5.40. The van der Waals surface area contributed by atoms with Crippen LogP contribution in [-0.2, 0) is 18.3 Å². The predicted octanol–water partition coefficient (Wildman–Crippen LogP) is 17.0. The minimum absolute atomic E-state index is 0.341. The molecule has 1 unspecified atom stereocenters. The number of fused-ring (bicyclic) bond motifs is 10. The van der Waals surface area contributed by atoms with Gasteiger partial charge in [0.1, 0.15) is 0 Å². The molecule has 1 atom stereocenters. The second-order valence-electron chi connectivity index (χ2n) is 19.4. The lowest BCUT2D eigenvalue weighted by molar-refractivity contribution is 0.420. The Morgan fingerprint density at radius 2 is 1.04 bits per heavy atom. The normalized spacial score (nSPS) is 14.5. The van der Waals surface area contributed by atoms with Crippen LogP contribution in [0.25, 0.3) is 55.6 Å². The maximum atomic E-state index is 5.40. The second-order valence-corrected chi connectivity index (χ2v) is 19.4. The lowest BCUT2D eigenvalue weighted by atomic mass is 9.70. The molecule has 12 rings (SSSR count). The Morgan fingerprint density at radius 1 is 0.514 bits per heavy atom. The molecular weight excluding hydrogens is 845 g/mol. The van der Waals surface area contributed by atoms with Crippen LogP contribution in [0.2, 0.25) is 0 Å². The average Bonchev–Trinajstić information content (AvgIpc) is 3.87. The largest absolute Gasteiger partial charge is 0.333 e. The molecule has 4 aliphatic rings. The van der Waals surface area contributed by atoms with Gasteiger partial charge in [-0.1, -0.05) is 214 Å². The molecule has 1 fully saturated rings. The van der Waals surface area contributed by atoms with Gasteiger partial charge in [0.05, 0.1) is 5.41 Å². The van der Waals surface area contributed by atoms with Crippen molar-refractivity contribution in [2.45, 2.75) is 95.9 Å². The summed E-state index contributed by atoms with van der Waals surface area (Å²) < 4.78 is 0. The summed E-state index contributed by atoms with van der Waals surface area (Å²) >= 11 is 0. The number of allylic oxidation sites excluding steroid dienone is 4. The molecule has 0 heterocycles. The molecule has 0 aromatic heterocycles. The van der Waals surface area contributed by atoms with Crippen LogP contribution in [0, 0.1) is 6.92 Å². The van der Waals surface area contributed by atoms with Crippen LogP contribution in [0.5, 0.6) is 0 Å². The second kappa shape index (κ2) is 22.3. The van der Waals surface area contributed by atoms with Crippen LogP contribution < -0.4 is 11.5 Å². The van der Waals surface area contributed by atoms with Crippen molar-refractivity contribution in [3.05, 3.63) is 251 Å². The summed E-state index contributed by atoms with van der Waals surface area (Å²) in [7, 11) is 1.50. The molecule has 4 aliphatic carbocycles. The van der Waals surface area contributed by atoms with Gasteiger partial charge in [-0.3, -0.25) is 0 Å². The van der Waals surface area contributed by atoms with Gasteiger partial charge in [0.2, 0.25) is 0 Å². The fraction of sp³-hybridized carbons (Fsp3) is 0.235. The van der Waals surface area contributed by atoms with Gasteiger partial charge >= 0.3 is 0 Å². The first-order valence-electron chi connectivity index (χ1n) is 25.9. The number of hydrogen-bond acceptors (Lipinski definition) is 2. The Labute approximate surface area is 418 Å². The van der Waals surface area contributed by atoms with Crippen molar-refractivity contribution in [2.75, 3.05) is 7.05 Å². The summed E-state index contributed by atoms with van der Waals surface area (Å²) in [5.74, 6) is 0.638. The summed E-state index contributed by atoms with van der Waals surface area (Å²) in [4.78, 5) is 0. The van der Waals surface area contributed by atoms with Crippen molar-refractivity contribution in [2.24, 2.45) is 11.5 Å². The van der Waals surface area contributed by atoms with Crippen LogP contribution in [-0.4, -0.2) is 13.1 Å². The Bertz CT molecular complexity index is 3020. The van der Waals surface area contributed by atoms with Crippen molar-refractivity contribution in [3.63, 3.8) is 0 Å². The average molecular weight is 915 g/mol. The van der Waals surface area contributed by atoms with Crippen LogP contribution in [0.3, 0.4) is 0 Å². The Balaban J connectivity index is 0.000000382. The third-order valence-electron chi connectivity index (χ3n) is 14.9. The molecule has 0 aliphatic heterocycles. The number of hydrogen-bond donors (Lipinski definition) is 2. The van der Waals surface area contributed by atoms with E-state index >= 15 is 0 Å². The molecule has 0 bridgehead atoms. The van der Waals surface area contributed by atoms with Gasteiger partial charge < -0.3 is 11.5 Å². The molecule has 1 saturated carbocycles. The van der Waals surface area contributed by atoms with Crippen molar-refractivity contribution < 1.29 is 0 Å². The van der Waals surface area contributed by atoms with E-state index < -0.39 is 0 Å². The number of benzene rings is 8. The Morgan fingerprint density at radius 3 is 1.57 bits per heavy atom. The first kappa shape index (κ1) is 48.2. The van der Waals surface area contributed by atoms with Crippen LogP contribution in [0.15, 0.2) is 206 Å². The zero-order chi connectivity index (χ0) is 48.5. The minimum atomic E-state index is -0.341. The van der Waals surface area contributed by atoms with E-state index in [1.807, 2.05) is 6.92 Å². The molecular formula is C68H70N2. The summed E-state index contributed by atoms with van der Waals surface area (Å²) in [6, 6.07) is 69.3. The number of nitrogens with two attached hydrogens (primary N) is 2. The number of rotatable bonds is 9. The van der Waals surface area contributed by atoms with Crippen LogP contribution >= 0.6 is 0 Å². The van der Waals surface area contributed by atoms with E-state index in [1.54, 1.807) is 0 Å². The molecule has 2 nitrogen and oxygen atoms in total. The van der Waals surface area contributed by atoms with E-state index in [1.165, 1.54) is 146 Å². The third-order valence-corrected chi connectivity index (χ3v) is 14.9. The van der Waals surface area contributed by atoms with Gasteiger partial charge in [0.25, 0.3) is 0 Å². The van der Waals surface area contributed by atoms with Gasteiger partial charge in [-0.2, -0.15) is 0 Å². The molecule has 70 heavy (non-hydrogen) atoms. The quantitative estimate of drug-likeness (QED) is 0.152. The third kappa shape index (κ3) is 9.56. The molecule has 352 valence electrons. The van der Waals surface area contributed by atoms with Gasteiger partial charge in [-0.05, 0) is 184 Å². The monoisotopic (exact) mass is 915 g/mol. The minimum Gasteiger partial charge on any atom is -0.333 e. The van der Waals surface area contributed by atoms with E-state index in [0.29, 0.717) is 12.0 Å². The van der Waals surface area contributed by atoms with E-state index in [9.17, 15) is 0 Å². The fourth-order valence-electron chi connectivity index (χ4n) is 11.3. The Kier molecular flexibility index (Phi) is 15.3. The molecule has 1 spiro atoms. The molecule has 8 aromatic carbocycles. The summed E-state index contributed by atoms with van der Waals surface area (Å²) in [6.45, 7) is 6.48. The zero-order valence-electron chi connectivity index (χ0n) is 41.8.